The van der Waals surface area contributed by atoms with E-state index in [2.05, 4.69) is 4.90 Å². The molecule has 0 amide bonds. The molecule has 2 aliphatic rings. The molecule has 5 nitrogen and oxygen atoms in total. The van der Waals surface area contributed by atoms with E-state index in [4.69, 9.17) is 11.6 Å². The van der Waals surface area contributed by atoms with Crippen molar-refractivity contribution in [1.82, 2.24) is 0 Å². The average molecular weight is 297 g/mol. The molecule has 2 aliphatic heterocycles. The largest absolute Gasteiger partial charge is 0.393 e. The van der Waals surface area contributed by atoms with Gasteiger partial charge in [-0.15, -0.1) is 0 Å². The molecule has 2 bridgehead atoms. The second kappa shape index (κ2) is 4.90. The number of benzene rings is 1. The zero-order valence-corrected chi connectivity index (χ0v) is 12.0. The predicted molar refractivity (Wildman–Crippen MR) is 77.4 cm³/mol. The van der Waals surface area contributed by atoms with Crippen molar-refractivity contribution in [2.75, 3.05) is 4.90 Å². The van der Waals surface area contributed by atoms with Crippen molar-refractivity contribution in [3.63, 3.8) is 0 Å². The monoisotopic (exact) mass is 296 g/mol. The molecule has 6 heteroatoms. The van der Waals surface area contributed by atoms with Gasteiger partial charge in [0, 0.05) is 23.8 Å². The summed E-state index contributed by atoms with van der Waals surface area (Å²) in [6.45, 7) is 1.83. The van der Waals surface area contributed by atoms with Crippen LogP contribution in [0.15, 0.2) is 12.1 Å². The summed E-state index contributed by atoms with van der Waals surface area (Å²) in [5, 5.41) is 21.0. The standard InChI is InChI=1S/C14H17ClN2O3/c1-8-12(4-5-13(14(8)15)17(19)20)16-9-2-3-10(16)7-11(18)6-9/h4-5,9-11,18H,2-3,6-7H2,1H3/t9-,10+,11?. The van der Waals surface area contributed by atoms with Gasteiger partial charge in [-0.25, -0.2) is 0 Å². The number of nitro benzene ring substituents is 1. The molecule has 2 fully saturated rings. The fourth-order valence-electron chi connectivity index (χ4n) is 3.62. The third kappa shape index (κ3) is 2.05. The molecule has 0 aromatic heterocycles. The average Bonchev–Trinajstić information content (AvgIpc) is 2.65. The zero-order chi connectivity index (χ0) is 14.4. The summed E-state index contributed by atoms with van der Waals surface area (Å²) in [5.41, 5.74) is 1.69. The van der Waals surface area contributed by atoms with E-state index < -0.39 is 4.92 Å². The Morgan fingerprint density at radius 2 is 1.95 bits per heavy atom. The highest BCUT2D eigenvalue weighted by atomic mass is 35.5. The summed E-state index contributed by atoms with van der Waals surface area (Å²) in [7, 11) is 0. The first-order valence-corrected chi connectivity index (χ1v) is 7.26. The maximum absolute atomic E-state index is 10.9. The number of piperidine rings is 1. The first-order valence-electron chi connectivity index (χ1n) is 6.89. The van der Waals surface area contributed by atoms with Crippen LogP contribution in [-0.4, -0.2) is 28.2 Å². The van der Waals surface area contributed by atoms with Gasteiger partial charge >= 0.3 is 0 Å². The minimum absolute atomic E-state index is 0.0442. The first kappa shape index (κ1) is 13.6. The van der Waals surface area contributed by atoms with Gasteiger partial charge in [0.05, 0.1) is 11.0 Å². The molecule has 20 heavy (non-hydrogen) atoms. The molecule has 0 saturated carbocycles. The minimum atomic E-state index is -0.451. The SMILES string of the molecule is Cc1c(N2[C@@H]3CC[C@H]2CC(O)C3)ccc([N+](=O)[O-])c1Cl. The fourth-order valence-corrected chi connectivity index (χ4v) is 3.85. The maximum atomic E-state index is 10.9. The Balaban J connectivity index is 2.00. The van der Waals surface area contributed by atoms with E-state index in [-0.39, 0.29) is 16.8 Å². The molecular weight excluding hydrogens is 280 g/mol. The molecule has 2 heterocycles. The summed E-state index contributed by atoms with van der Waals surface area (Å²) in [6.07, 6.45) is 3.44. The molecule has 3 rings (SSSR count). The van der Waals surface area contributed by atoms with Gasteiger partial charge in [0.1, 0.15) is 5.02 Å². The Morgan fingerprint density at radius 3 is 2.50 bits per heavy atom. The number of aliphatic hydroxyl groups excluding tert-OH is 1. The maximum Gasteiger partial charge on any atom is 0.288 e. The van der Waals surface area contributed by atoms with Gasteiger partial charge in [-0.3, -0.25) is 10.1 Å². The lowest BCUT2D eigenvalue weighted by Gasteiger charge is -2.39. The van der Waals surface area contributed by atoms with Crippen LogP contribution in [0.1, 0.15) is 31.2 Å². The van der Waals surface area contributed by atoms with Gasteiger partial charge < -0.3 is 10.0 Å². The first-order chi connectivity index (χ1) is 9.49. The number of hydrogen-bond acceptors (Lipinski definition) is 4. The highest BCUT2D eigenvalue weighted by Gasteiger charge is 2.41. The summed E-state index contributed by atoms with van der Waals surface area (Å²) in [4.78, 5) is 12.8. The third-order valence-electron chi connectivity index (χ3n) is 4.52. The molecule has 1 aromatic carbocycles. The van der Waals surface area contributed by atoms with E-state index in [1.165, 1.54) is 6.07 Å². The second-order valence-corrected chi connectivity index (χ2v) is 6.10. The van der Waals surface area contributed by atoms with E-state index in [9.17, 15) is 15.2 Å². The summed E-state index contributed by atoms with van der Waals surface area (Å²) >= 11 is 6.14. The topological polar surface area (TPSA) is 66.6 Å². The molecule has 1 aromatic rings. The van der Waals surface area contributed by atoms with E-state index >= 15 is 0 Å². The number of anilines is 1. The van der Waals surface area contributed by atoms with Crippen molar-refractivity contribution in [2.45, 2.75) is 50.8 Å². The Kier molecular flexibility index (Phi) is 3.34. The number of fused-ring (bicyclic) bond motifs is 2. The fraction of sp³-hybridized carbons (Fsp3) is 0.571. The lowest BCUT2D eigenvalue weighted by Crippen LogP contribution is -2.45. The van der Waals surface area contributed by atoms with Crippen molar-refractivity contribution in [3.05, 3.63) is 32.8 Å². The van der Waals surface area contributed by atoms with Gasteiger partial charge in [0.15, 0.2) is 0 Å². The van der Waals surface area contributed by atoms with E-state index in [1.807, 2.05) is 6.92 Å². The second-order valence-electron chi connectivity index (χ2n) is 5.72. The van der Waals surface area contributed by atoms with Crippen LogP contribution in [0, 0.1) is 17.0 Å². The van der Waals surface area contributed by atoms with Crippen LogP contribution in [0.2, 0.25) is 5.02 Å². The van der Waals surface area contributed by atoms with Gasteiger partial charge in [-0.1, -0.05) is 11.6 Å². The number of nitro groups is 1. The van der Waals surface area contributed by atoms with E-state index in [0.717, 1.165) is 36.9 Å². The Hall–Kier alpha value is -1.33. The predicted octanol–water partition coefficient (Wildman–Crippen LogP) is 3.05. The Bertz CT molecular complexity index is 550. The van der Waals surface area contributed by atoms with Crippen molar-refractivity contribution < 1.29 is 10.0 Å². The molecule has 3 atom stereocenters. The number of aliphatic hydroxyl groups is 1. The minimum Gasteiger partial charge on any atom is -0.393 e. The molecule has 0 spiro atoms. The van der Waals surface area contributed by atoms with Crippen LogP contribution >= 0.6 is 11.6 Å². The van der Waals surface area contributed by atoms with E-state index in [1.54, 1.807) is 6.07 Å². The van der Waals surface area contributed by atoms with Crippen molar-refractivity contribution in [1.29, 1.82) is 0 Å². The van der Waals surface area contributed by atoms with Crippen molar-refractivity contribution >= 4 is 23.0 Å². The molecule has 1 unspecified atom stereocenters. The lowest BCUT2D eigenvalue weighted by atomic mass is 9.98. The number of nitrogens with zero attached hydrogens (tertiary/aromatic N) is 2. The highest BCUT2D eigenvalue weighted by Crippen LogP contribution is 2.43. The van der Waals surface area contributed by atoms with E-state index in [0.29, 0.717) is 12.1 Å². The van der Waals surface area contributed by atoms with Crippen LogP contribution in [0.25, 0.3) is 0 Å². The summed E-state index contributed by atoms with van der Waals surface area (Å²) < 4.78 is 0. The molecule has 1 N–H and O–H groups in total. The van der Waals surface area contributed by atoms with Gasteiger partial charge in [0.2, 0.25) is 0 Å². The smallest absolute Gasteiger partial charge is 0.288 e. The normalized spacial score (nSPS) is 28.8. The Morgan fingerprint density at radius 1 is 1.35 bits per heavy atom. The molecule has 2 saturated heterocycles. The van der Waals surface area contributed by atoms with Crippen LogP contribution < -0.4 is 4.90 Å². The molecular formula is C14H17ClN2O3. The van der Waals surface area contributed by atoms with Crippen LogP contribution in [-0.2, 0) is 0 Å². The van der Waals surface area contributed by atoms with Crippen LogP contribution in [0.3, 0.4) is 0 Å². The van der Waals surface area contributed by atoms with Gasteiger partial charge in [0.25, 0.3) is 5.69 Å². The van der Waals surface area contributed by atoms with Gasteiger partial charge in [-0.2, -0.15) is 0 Å². The zero-order valence-electron chi connectivity index (χ0n) is 11.3. The van der Waals surface area contributed by atoms with Crippen LogP contribution in [0.4, 0.5) is 11.4 Å². The third-order valence-corrected chi connectivity index (χ3v) is 5.00. The number of hydrogen-bond donors (Lipinski definition) is 1. The number of rotatable bonds is 2. The highest BCUT2D eigenvalue weighted by molar-refractivity contribution is 6.33. The molecule has 108 valence electrons. The lowest BCUT2D eigenvalue weighted by molar-refractivity contribution is -0.384. The summed E-state index contributed by atoms with van der Waals surface area (Å²) in [6, 6.07) is 3.91. The number of halogens is 1. The summed E-state index contributed by atoms with van der Waals surface area (Å²) in [5.74, 6) is 0. The van der Waals surface area contributed by atoms with Gasteiger partial charge in [-0.05, 0) is 44.2 Å². The van der Waals surface area contributed by atoms with Crippen LogP contribution in [0.5, 0.6) is 0 Å². The van der Waals surface area contributed by atoms with Crippen molar-refractivity contribution in [3.8, 4) is 0 Å². The Labute approximate surface area is 122 Å². The quantitative estimate of drug-likeness (QED) is 0.673. The molecule has 0 aliphatic carbocycles. The van der Waals surface area contributed by atoms with Crippen molar-refractivity contribution in [2.24, 2.45) is 0 Å². The molecule has 0 radical (unpaired) electrons.